The Morgan fingerprint density at radius 2 is 1.11 bits per heavy atom. The van der Waals surface area contributed by atoms with E-state index in [1.807, 2.05) is 0 Å². The lowest BCUT2D eigenvalue weighted by Crippen LogP contribution is -2.52. The Bertz CT molecular complexity index is 325. The largest absolute Gasteiger partial charge is 0.527 e. The smallest absolute Gasteiger partial charge is 0.277 e. The zero-order valence-corrected chi connectivity index (χ0v) is 9.09. The summed E-state index contributed by atoms with van der Waals surface area (Å²) >= 11 is 1.42. The zero-order chi connectivity index (χ0) is 15.0. The van der Waals surface area contributed by atoms with Crippen LogP contribution in [0, 0.1) is 0 Å². The van der Waals surface area contributed by atoms with Crippen molar-refractivity contribution < 1.29 is 53.8 Å². The molecule has 0 saturated carbocycles. The normalized spacial score (nSPS) is 14.8. The molecule has 0 amide bonds. The van der Waals surface area contributed by atoms with Crippen molar-refractivity contribution >= 4 is 20.6 Å². The Kier molecular flexibility index (Phi) is 4.69. The van der Waals surface area contributed by atoms with Crippen LogP contribution in [0.3, 0.4) is 0 Å². The molecule has 0 aliphatic heterocycles. The molecule has 0 fully saturated rings. The molecule has 0 atom stereocenters. The minimum Gasteiger partial charge on any atom is -0.277 e. The summed E-state index contributed by atoms with van der Waals surface area (Å²) in [6.07, 6.45) is -24.6. The average molecular weight is 359 g/mol. The third-order valence-corrected chi connectivity index (χ3v) is 1.53. The molecule has 0 heterocycles. The van der Waals surface area contributed by atoms with Gasteiger partial charge in [-0.1, -0.05) is 0 Å². The summed E-state index contributed by atoms with van der Waals surface area (Å²) in [6.45, 7) is 0. The van der Waals surface area contributed by atoms with Gasteiger partial charge in [-0.3, -0.25) is 4.79 Å². The number of carbonyl (C=O) groups excluding carboxylic acids is 1. The number of hydrogen-bond donors (Lipinski definition) is 0. The van der Waals surface area contributed by atoms with E-state index >= 15 is 0 Å². The third kappa shape index (κ3) is 4.61. The van der Waals surface area contributed by atoms with Gasteiger partial charge in [0.05, 0.1) is 0 Å². The van der Waals surface area contributed by atoms with E-state index in [-0.39, 0.29) is 0 Å². The SMILES string of the molecule is O=C(Br)C(F)(F)OC(F)(F)C(F)(F)OC(F)(F)F. The van der Waals surface area contributed by atoms with Crippen LogP contribution in [-0.4, -0.2) is 29.4 Å². The summed E-state index contributed by atoms with van der Waals surface area (Å²) in [4.78, 5) is 9.96. The number of halogens is 10. The van der Waals surface area contributed by atoms with E-state index in [0.29, 0.717) is 0 Å². The van der Waals surface area contributed by atoms with Crippen LogP contribution in [0.15, 0.2) is 0 Å². The summed E-state index contributed by atoms with van der Waals surface area (Å²) < 4.78 is 109. The van der Waals surface area contributed by atoms with Gasteiger partial charge in [0.2, 0.25) is 0 Å². The zero-order valence-electron chi connectivity index (χ0n) is 7.50. The minimum atomic E-state index is -6.46. The van der Waals surface area contributed by atoms with E-state index in [2.05, 4.69) is 4.74 Å². The topological polar surface area (TPSA) is 35.5 Å². The van der Waals surface area contributed by atoms with Crippen LogP contribution >= 0.6 is 15.9 Å². The van der Waals surface area contributed by atoms with E-state index in [1.54, 1.807) is 4.74 Å². The van der Waals surface area contributed by atoms with E-state index < -0.39 is 29.4 Å². The average Bonchev–Trinajstić information content (AvgIpc) is 1.95. The van der Waals surface area contributed by atoms with Crippen molar-refractivity contribution in [2.45, 2.75) is 24.7 Å². The fourth-order valence-electron chi connectivity index (χ4n) is 0.465. The molecule has 0 radical (unpaired) electrons. The van der Waals surface area contributed by atoms with Gasteiger partial charge in [-0.15, -0.1) is 13.2 Å². The van der Waals surface area contributed by atoms with Crippen LogP contribution in [0.5, 0.6) is 0 Å². The molecule has 0 N–H and O–H groups in total. The molecule has 0 unspecified atom stereocenters. The Balaban J connectivity index is 5.08. The molecule has 0 aliphatic rings. The lowest BCUT2D eigenvalue weighted by Gasteiger charge is -2.27. The molecule has 0 aliphatic carbocycles. The predicted molar refractivity (Wildman–Crippen MR) is 37.0 cm³/mol. The van der Waals surface area contributed by atoms with E-state index in [0.717, 1.165) is 0 Å². The molecule has 0 aromatic rings. The van der Waals surface area contributed by atoms with Gasteiger partial charge in [-0.25, -0.2) is 9.47 Å². The van der Waals surface area contributed by atoms with Gasteiger partial charge in [-0.05, 0) is 0 Å². The van der Waals surface area contributed by atoms with Crippen molar-refractivity contribution in [2.24, 2.45) is 0 Å². The van der Waals surface area contributed by atoms with Crippen LogP contribution in [0.1, 0.15) is 0 Å². The highest BCUT2D eigenvalue weighted by atomic mass is 79.9. The highest BCUT2D eigenvalue weighted by molar-refractivity contribution is 9.18. The molecule has 0 saturated heterocycles. The Labute approximate surface area is 99.9 Å². The standard InChI is InChI=1S/C5BrF9O3/c6-1(16)2(7,8)17-3(9,10)4(11,12)18-5(13,14)15. The van der Waals surface area contributed by atoms with Crippen LogP contribution in [0.4, 0.5) is 39.5 Å². The predicted octanol–water partition coefficient (Wildman–Crippen LogP) is 3.24. The second-order valence-corrected chi connectivity index (χ2v) is 3.19. The quantitative estimate of drug-likeness (QED) is 0.559. The summed E-state index contributed by atoms with van der Waals surface area (Å²) in [5.41, 5.74) is 0. The maximum absolute atomic E-state index is 12.3. The molecular weight excluding hydrogens is 359 g/mol. The Morgan fingerprint density at radius 1 is 0.778 bits per heavy atom. The molecule has 108 valence electrons. The summed E-state index contributed by atoms with van der Waals surface area (Å²) in [5, 5.41) is 0. The number of carbonyl (C=O) groups is 1. The highest BCUT2D eigenvalue weighted by Gasteiger charge is 2.68. The fraction of sp³-hybridized carbons (Fsp3) is 0.800. The molecule has 0 aromatic heterocycles. The molecule has 3 nitrogen and oxygen atoms in total. The monoisotopic (exact) mass is 358 g/mol. The van der Waals surface area contributed by atoms with Crippen molar-refractivity contribution in [3.05, 3.63) is 0 Å². The van der Waals surface area contributed by atoms with Gasteiger partial charge in [-0.2, -0.15) is 26.3 Å². The van der Waals surface area contributed by atoms with Gasteiger partial charge >= 0.3 is 24.7 Å². The van der Waals surface area contributed by atoms with Gasteiger partial charge in [0.15, 0.2) is 0 Å². The van der Waals surface area contributed by atoms with Crippen LogP contribution in [0.25, 0.3) is 0 Å². The van der Waals surface area contributed by atoms with Gasteiger partial charge < -0.3 is 0 Å². The maximum Gasteiger partial charge on any atom is 0.527 e. The van der Waals surface area contributed by atoms with Gasteiger partial charge in [0.25, 0.3) is 4.69 Å². The molecule has 0 spiro atoms. The van der Waals surface area contributed by atoms with E-state index in [4.69, 9.17) is 0 Å². The number of alkyl halides is 9. The summed E-state index contributed by atoms with van der Waals surface area (Å²) in [5.74, 6) is 0. The highest BCUT2D eigenvalue weighted by Crippen LogP contribution is 2.43. The lowest BCUT2D eigenvalue weighted by molar-refractivity contribution is -0.523. The summed E-state index contributed by atoms with van der Waals surface area (Å²) in [7, 11) is 0. The van der Waals surface area contributed by atoms with Crippen molar-refractivity contribution in [3.63, 3.8) is 0 Å². The van der Waals surface area contributed by atoms with Crippen molar-refractivity contribution in [2.75, 3.05) is 0 Å². The molecule has 0 rings (SSSR count). The molecule has 0 aromatic carbocycles. The minimum absolute atomic E-state index is 1.42. The Hall–Kier alpha value is -0.560. The summed E-state index contributed by atoms with van der Waals surface area (Å²) in [6, 6.07) is 0. The lowest BCUT2D eigenvalue weighted by atomic mass is 10.5. The fourth-order valence-corrected chi connectivity index (χ4v) is 0.546. The first-order chi connectivity index (χ1) is 7.61. The number of hydrogen-bond acceptors (Lipinski definition) is 3. The first kappa shape index (κ1) is 17.4. The third-order valence-electron chi connectivity index (χ3n) is 1.07. The number of rotatable bonds is 5. The second-order valence-electron chi connectivity index (χ2n) is 2.47. The van der Waals surface area contributed by atoms with Crippen molar-refractivity contribution in [1.82, 2.24) is 0 Å². The van der Waals surface area contributed by atoms with Gasteiger partial charge in [0, 0.05) is 15.9 Å². The van der Waals surface area contributed by atoms with Crippen LogP contribution in [0.2, 0.25) is 0 Å². The van der Waals surface area contributed by atoms with Gasteiger partial charge in [0.1, 0.15) is 0 Å². The second kappa shape index (κ2) is 4.85. The molecule has 0 bridgehead atoms. The van der Waals surface area contributed by atoms with Crippen molar-refractivity contribution in [1.29, 1.82) is 0 Å². The first-order valence-corrected chi connectivity index (χ1v) is 4.20. The van der Waals surface area contributed by atoms with E-state index in [1.165, 1.54) is 15.9 Å². The van der Waals surface area contributed by atoms with Crippen molar-refractivity contribution in [3.8, 4) is 0 Å². The van der Waals surface area contributed by atoms with Crippen LogP contribution < -0.4 is 0 Å². The Morgan fingerprint density at radius 3 is 1.39 bits per heavy atom. The van der Waals surface area contributed by atoms with E-state index in [9.17, 15) is 44.3 Å². The number of ether oxygens (including phenoxy) is 2. The maximum atomic E-state index is 12.3. The molecular formula is C5BrF9O3. The molecule has 18 heavy (non-hydrogen) atoms. The van der Waals surface area contributed by atoms with Crippen LogP contribution in [-0.2, 0) is 14.3 Å². The molecule has 13 heteroatoms. The first-order valence-electron chi connectivity index (χ1n) is 3.41.